The van der Waals surface area contributed by atoms with Gasteiger partial charge in [-0.05, 0) is 18.2 Å². The van der Waals surface area contributed by atoms with Crippen LogP contribution in [0.15, 0.2) is 34.7 Å². The number of rotatable bonds is 4. The van der Waals surface area contributed by atoms with Gasteiger partial charge < -0.3 is 14.3 Å². The molecular formula is C12H9NO6. The summed E-state index contributed by atoms with van der Waals surface area (Å²) in [6.45, 7) is 0. The highest BCUT2D eigenvalue weighted by molar-refractivity contribution is 5.85. The lowest BCUT2D eigenvalue weighted by Crippen LogP contribution is -1.92. The molecule has 1 heterocycles. The fraction of sp³-hybridized carbons (Fsp3) is 0.0833. The molecule has 0 bridgehead atoms. The van der Waals surface area contributed by atoms with Crippen LogP contribution in [0.25, 0.3) is 11.3 Å². The number of benzene rings is 1. The Morgan fingerprint density at radius 3 is 2.63 bits per heavy atom. The number of nitrogens with zero attached hydrogens (tertiary/aromatic N) is 1. The second-order valence-corrected chi connectivity index (χ2v) is 3.65. The Bertz CT molecular complexity index is 645. The Kier molecular flexibility index (Phi) is 3.19. The predicted molar refractivity (Wildman–Crippen MR) is 64.3 cm³/mol. The van der Waals surface area contributed by atoms with Crippen LogP contribution in [0.5, 0.6) is 5.75 Å². The number of nitro benzene ring substituents is 1. The van der Waals surface area contributed by atoms with Gasteiger partial charge >= 0.3 is 5.97 Å². The molecule has 1 N–H and O–H groups in total. The first-order chi connectivity index (χ1) is 9.01. The predicted octanol–water partition coefficient (Wildman–Crippen LogP) is 2.56. The monoisotopic (exact) mass is 263 g/mol. The number of hydrogen-bond acceptors (Lipinski definition) is 5. The van der Waals surface area contributed by atoms with Crippen LogP contribution in [0.4, 0.5) is 5.69 Å². The number of methoxy groups -OCH3 is 1. The minimum absolute atomic E-state index is 0.164. The maximum atomic E-state index is 10.8. The number of nitro groups is 1. The van der Waals surface area contributed by atoms with E-state index in [1.165, 1.54) is 37.4 Å². The summed E-state index contributed by atoms with van der Waals surface area (Å²) in [5, 5.41) is 19.6. The minimum atomic E-state index is -1.20. The van der Waals surface area contributed by atoms with Gasteiger partial charge in [0.1, 0.15) is 11.5 Å². The molecule has 0 aliphatic rings. The highest BCUT2D eigenvalue weighted by Crippen LogP contribution is 2.30. The smallest absolute Gasteiger partial charge is 0.371 e. The summed E-state index contributed by atoms with van der Waals surface area (Å²) in [6, 6.07) is 6.79. The van der Waals surface area contributed by atoms with Gasteiger partial charge in [-0.25, -0.2) is 4.79 Å². The van der Waals surface area contributed by atoms with E-state index in [-0.39, 0.29) is 23.0 Å². The Balaban J connectivity index is 2.50. The van der Waals surface area contributed by atoms with Crippen LogP contribution in [0, 0.1) is 10.1 Å². The van der Waals surface area contributed by atoms with Crippen LogP contribution in [0.1, 0.15) is 10.6 Å². The first-order valence-corrected chi connectivity index (χ1v) is 5.18. The molecule has 0 atom stereocenters. The SMILES string of the molecule is COc1cc(-c2ccc(C(=O)O)o2)cc([N+](=O)[O-])c1. The molecule has 0 saturated heterocycles. The standard InChI is InChI=1S/C12H9NO6/c1-18-9-5-7(4-8(6-9)13(16)17)10-2-3-11(19-10)12(14)15/h2-6H,1H3,(H,14,15). The number of aromatic carboxylic acids is 1. The quantitative estimate of drug-likeness (QED) is 0.671. The zero-order chi connectivity index (χ0) is 14.0. The van der Waals surface area contributed by atoms with E-state index in [2.05, 4.69) is 0 Å². The van der Waals surface area contributed by atoms with E-state index >= 15 is 0 Å². The molecule has 19 heavy (non-hydrogen) atoms. The summed E-state index contributed by atoms with van der Waals surface area (Å²) in [7, 11) is 1.38. The van der Waals surface area contributed by atoms with E-state index in [0.717, 1.165) is 0 Å². The highest BCUT2D eigenvalue weighted by Gasteiger charge is 2.15. The van der Waals surface area contributed by atoms with Crippen molar-refractivity contribution in [1.29, 1.82) is 0 Å². The van der Waals surface area contributed by atoms with Crippen molar-refractivity contribution >= 4 is 11.7 Å². The number of ether oxygens (including phenoxy) is 1. The number of non-ortho nitro benzene ring substituents is 1. The topological polar surface area (TPSA) is 103 Å². The second kappa shape index (κ2) is 4.81. The van der Waals surface area contributed by atoms with Gasteiger partial charge in [-0.2, -0.15) is 0 Å². The van der Waals surface area contributed by atoms with Crippen molar-refractivity contribution in [1.82, 2.24) is 0 Å². The van der Waals surface area contributed by atoms with Crippen molar-refractivity contribution in [2.24, 2.45) is 0 Å². The molecule has 0 amide bonds. The third kappa shape index (κ3) is 2.54. The lowest BCUT2D eigenvalue weighted by Gasteiger charge is -2.02. The number of hydrogen-bond donors (Lipinski definition) is 1. The summed E-state index contributed by atoms with van der Waals surface area (Å²) in [5.74, 6) is -0.930. The summed E-state index contributed by atoms with van der Waals surface area (Å²) >= 11 is 0. The van der Waals surface area contributed by atoms with E-state index < -0.39 is 10.9 Å². The Labute approximate surface area is 107 Å². The van der Waals surface area contributed by atoms with Gasteiger partial charge in [-0.15, -0.1) is 0 Å². The van der Waals surface area contributed by atoms with Crippen molar-refractivity contribution in [2.75, 3.05) is 7.11 Å². The van der Waals surface area contributed by atoms with Crippen LogP contribution >= 0.6 is 0 Å². The molecule has 2 aromatic rings. The lowest BCUT2D eigenvalue weighted by atomic mass is 10.1. The molecule has 0 fully saturated rings. The van der Waals surface area contributed by atoms with Crippen molar-refractivity contribution in [2.45, 2.75) is 0 Å². The molecule has 0 aliphatic carbocycles. The van der Waals surface area contributed by atoms with Crippen molar-refractivity contribution in [3.05, 3.63) is 46.2 Å². The van der Waals surface area contributed by atoms with Gasteiger partial charge in [0.25, 0.3) is 5.69 Å². The average Bonchev–Trinajstić information content (AvgIpc) is 2.87. The minimum Gasteiger partial charge on any atom is -0.496 e. The Morgan fingerprint density at radius 2 is 2.11 bits per heavy atom. The van der Waals surface area contributed by atoms with E-state index in [0.29, 0.717) is 5.56 Å². The molecule has 0 radical (unpaired) electrons. The van der Waals surface area contributed by atoms with E-state index in [1.807, 2.05) is 0 Å². The molecule has 7 nitrogen and oxygen atoms in total. The van der Waals surface area contributed by atoms with Crippen molar-refractivity contribution in [3.8, 4) is 17.1 Å². The molecule has 7 heteroatoms. The van der Waals surface area contributed by atoms with Gasteiger partial charge in [0.15, 0.2) is 0 Å². The van der Waals surface area contributed by atoms with E-state index in [1.54, 1.807) is 0 Å². The fourth-order valence-electron chi connectivity index (χ4n) is 1.56. The summed E-state index contributed by atoms with van der Waals surface area (Å²) < 4.78 is 10.0. The van der Waals surface area contributed by atoms with Crippen LogP contribution in [0.3, 0.4) is 0 Å². The maximum absolute atomic E-state index is 10.8. The van der Waals surface area contributed by atoms with Crippen LogP contribution in [-0.4, -0.2) is 23.1 Å². The van der Waals surface area contributed by atoms with Gasteiger partial charge in [-0.3, -0.25) is 10.1 Å². The van der Waals surface area contributed by atoms with Crippen molar-refractivity contribution < 1.29 is 24.0 Å². The number of furan rings is 1. The van der Waals surface area contributed by atoms with Crippen LogP contribution in [0.2, 0.25) is 0 Å². The highest BCUT2D eigenvalue weighted by atomic mass is 16.6. The second-order valence-electron chi connectivity index (χ2n) is 3.65. The van der Waals surface area contributed by atoms with Crippen LogP contribution < -0.4 is 4.74 Å². The third-order valence-electron chi connectivity index (χ3n) is 2.44. The number of carboxylic acid groups (broad SMARTS) is 1. The summed E-state index contributed by atoms with van der Waals surface area (Å²) in [5.41, 5.74) is 0.209. The molecule has 0 aliphatic heterocycles. The molecule has 1 aromatic carbocycles. The summed E-state index contributed by atoms with van der Waals surface area (Å²) in [4.78, 5) is 20.9. The Morgan fingerprint density at radius 1 is 1.37 bits per heavy atom. The van der Waals surface area contributed by atoms with Gasteiger partial charge in [0, 0.05) is 11.6 Å². The summed E-state index contributed by atoms with van der Waals surface area (Å²) in [6.07, 6.45) is 0. The van der Waals surface area contributed by atoms with Crippen LogP contribution in [-0.2, 0) is 0 Å². The number of carbonyl (C=O) groups is 1. The zero-order valence-corrected chi connectivity index (χ0v) is 9.82. The molecule has 0 saturated carbocycles. The first kappa shape index (κ1) is 12.6. The Hall–Kier alpha value is -2.83. The van der Waals surface area contributed by atoms with Gasteiger partial charge in [0.05, 0.1) is 18.1 Å². The van der Waals surface area contributed by atoms with Crippen molar-refractivity contribution in [3.63, 3.8) is 0 Å². The van der Waals surface area contributed by atoms with Gasteiger partial charge in [0.2, 0.25) is 5.76 Å². The molecular weight excluding hydrogens is 254 g/mol. The normalized spacial score (nSPS) is 10.2. The fourth-order valence-corrected chi connectivity index (χ4v) is 1.56. The van der Waals surface area contributed by atoms with E-state index in [4.69, 9.17) is 14.3 Å². The largest absolute Gasteiger partial charge is 0.496 e. The maximum Gasteiger partial charge on any atom is 0.371 e. The zero-order valence-electron chi connectivity index (χ0n) is 9.82. The third-order valence-corrected chi connectivity index (χ3v) is 2.44. The molecule has 98 valence electrons. The van der Waals surface area contributed by atoms with Gasteiger partial charge in [-0.1, -0.05) is 0 Å². The number of carboxylic acids is 1. The lowest BCUT2D eigenvalue weighted by molar-refractivity contribution is -0.384. The first-order valence-electron chi connectivity index (χ1n) is 5.18. The molecule has 1 aromatic heterocycles. The molecule has 0 unspecified atom stereocenters. The molecule has 0 spiro atoms. The van der Waals surface area contributed by atoms with E-state index in [9.17, 15) is 14.9 Å². The average molecular weight is 263 g/mol. The molecule has 2 rings (SSSR count).